The molecule has 0 amide bonds. The van der Waals surface area contributed by atoms with Crippen molar-refractivity contribution in [2.45, 2.75) is 6.54 Å². The second-order valence-electron chi connectivity index (χ2n) is 4.42. The van der Waals surface area contributed by atoms with Crippen LogP contribution in [-0.4, -0.2) is 23.8 Å². The van der Waals surface area contributed by atoms with Crippen LogP contribution in [0.3, 0.4) is 0 Å². The van der Waals surface area contributed by atoms with E-state index in [0.29, 0.717) is 11.0 Å². The van der Waals surface area contributed by atoms with E-state index in [1.807, 2.05) is 4.72 Å². The lowest BCUT2D eigenvalue weighted by molar-refractivity contribution is 0.487. The van der Waals surface area contributed by atoms with Gasteiger partial charge in [-0.25, -0.2) is 18.2 Å². The van der Waals surface area contributed by atoms with Crippen LogP contribution in [-0.2, 0) is 17.8 Å². The summed E-state index contributed by atoms with van der Waals surface area (Å²) in [5.41, 5.74) is 0.884. The van der Waals surface area contributed by atoms with Crippen LogP contribution in [0, 0.1) is 11.6 Å². The number of nitrogens with one attached hydrogen (secondary N) is 1. The summed E-state index contributed by atoms with van der Waals surface area (Å²) in [6, 6.07) is 9.50. The van der Waals surface area contributed by atoms with Crippen LogP contribution in [0.5, 0.6) is 0 Å². The topological polar surface area (TPSA) is 82.9 Å². The molecule has 0 aliphatic rings. The van der Waals surface area contributed by atoms with Crippen molar-refractivity contribution in [2.24, 2.45) is 0 Å². The zero-order chi connectivity index (χ0) is 15.7. The quantitative estimate of drug-likeness (QED) is 0.739. The van der Waals surface area contributed by atoms with E-state index in [1.54, 1.807) is 24.3 Å². The lowest BCUT2D eigenvalue weighted by Crippen LogP contribution is -2.17. The van der Waals surface area contributed by atoms with Crippen molar-refractivity contribution in [3.8, 4) is 5.69 Å². The third-order valence-electron chi connectivity index (χ3n) is 3.10. The first-order valence-corrected chi connectivity index (χ1v) is 7.26. The predicted octanol–water partition coefficient (Wildman–Crippen LogP) is 1.58. The Morgan fingerprint density at radius 1 is 1.18 bits per heavy atom. The van der Waals surface area contributed by atoms with Crippen LogP contribution in [0.15, 0.2) is 36.4 Å². The Labute approximate surface area is 126 Å². The molecule has 1 aromatic heterocycles. The summed E-state index contributed by atoms with van der Waals surface area (Å²) >= 11 is -2.55. The van der Waals surface area contributed by atoms with Gasteiger partial charge in [0.2, 0.25) is 0 Å². The van der Waals surface area contributed by atoms with E-state index in [0.717, 1.165) is 0 Å². The van der Waals surface area contributed by atoms with Gasteiger partial charge in [0.05, 0.1) is 5.52 Å². The fourth-order valence-electron chi connectivity index (χ4n) is 2.06. The summed E-state index contributed by atoms with van der Waals surface area (Å²) in [5.74, 6) is -2.25. The maximum Gasteiger partial charge on any atom is 0.184 e. The first-order chi connectivity index (χ1) is 10.6. The smallest absolute Gasteiger partial charge is 0.184 e. The van der Waals surface area contributed by atoms with Crippen molar-refractivity contribution < 1.29 is 17.5 Å². The Morgan fingerprint density at radius 3 is 2.73 bits per heavy atom. The van der Waals surface area contributed by atoms with Crippen LogP contribution in [0.1, 0.15) is 5.56 Å². The molecular formula is C13H9F2N4O2S-. The lowest BCUT2D eigenvalue weighted by atomic mass is 10.1. The van der Waals surface area contributed by atoms with Crippen LogP contribution < -0.4 is 4.72 Å². The lowest BCUT2D eigenvalue weighted by Gasteiger charge is -2.10. The molecule has 0 radical (unpaired) electrons. The van der Waals surface area contributed by atoms with Gasteiger partial charge in [-0.2, -0.15) is 0 Å². The monoisotopic (exact) mass is 323 g/mol. The van der Waals surface area contributed by atoms with Gasteiger partial charge >= 0.3 is 0 Å². The highest BCUT2D eigenvalue weighted by atomic mass is 32.2. The Hall–Kier alpha value is -2.23. The van der Waals surface area contributed by atoms with Gasteiger partial charge in [0.15, 0.2) is 11.6 Å². The fraction of sp³-hybridized carbons (Fsp3) is 0.0769. The van der Waals surface area contributed by atoms with Gasteiger partial charge in [0, 0.05) is 23.4 Å². The molecule has 9 heteroatoms. The molecule has 6 nitrogen and oxygen atoms in total. The standard InChI is InChI=1S/C13H10F2N4O2S/c14-12-8(7-16-22(20)21)5-6-11(13(12)15)19-10-4-2-1-3-9(10)17-18-19/h1-6,16H,7H2,(H,20,21)/p-1. The first-order valence-electron chi connectivity index (χ1n) is 6.18. The predicted molar refractivity (Wildman–Crippen MR) is 74.5 cm³/mol. The minimum Gasteiger partial charge on any atom is -0.760 e. The van der Waals surface area contributed by atoms with Gasteiger partial charge in [0.1, 0.15) is 11.2 Å². The summed E-state index contributed by atoms with van der Waals surface area (Å²) in [7, 11) is 0. The molecule has 2 aromatic carbocycles. The SMILES string of the molecule is O=S([O-])NCc1ccc(-n2nnc3ccccc32)c(F)c1F. The van der Waals surface area contributed by atoms with Crippen molar-refractivity contribution in [2.75, 3.05) is 0 Å². The van der Waals surface area contributed by atoms with E-state index >= 15 is 0 Å². The van der Waals surface area contributed by atoms with Crippen LogP contribution in [0.2, 0.25) is 0 Å². The molecule has 0 fully saturated rings. The molecule has 3 rings (SSSR count). The van der Waals surface area contributed by atoms with E-state index in [1.165, 1.54) is 16.8 Å². The zero-order valence-electron chi connectivity index (χ0n) is 11.0. The summed E-state index contributed by atoms with van der Waals surface area (Å²) in [4.78, 5) is 0. The van der Waals surface area contributed by atoms with Gasteiger partial charge in [-0.05, 0) is 18.2 Å². The van der Waals surface area contributed by atoms with Crippen molar-refractivity contribution >= 4 is 22.3 Å². The minimum absolute atomic E-state index is 0.0989. The van der Waals surface area contributed by atoms with Crippen molar-refractivity contribution in [3.63, 3.8) is 0 Å². The molecule has 0 saturated heterocycles. The Morgan fingerprint density at radius 2 is 1.95 bits per heavy atom. The van der Waals surface area contributed by atoms with Gasteiger partial charge in [-0.1, -0.05) is 23.4 Å². The molecule has 1 unspecified atom stereocenters. The molecule has 0 bridgehead atoms. The number of fused-ring (bicyclic) bond motifs is 1. The molecule has 0 spiro atoms. The molecule has 114 valence electrons. The van der Waals surface area contributed by atoms with Gasteiger partial charge in [-0.3, -0.25) is 4.21 Å². The summed E-state index contributed by atoms with van der Waals surface area (Å²) in [6.07, 6.45) is 0. The molecule has 22 heavy (non-hydrogen) atoms. The molecule has 0 saturated carbocycles. The van der Waals surface area contributed by atoms with Crippen molar-refractivity contribution in [3.05, 3.63) is 53.6 Å². The van der Waals surface area contributed by atoms with Crippen molar-refractivity contribution in [1.29, 1.82) is 0 Å². The van der Waals surface area contributed by atoms with E-state index in [-0.39, 0.29) is 17.8 Å². The summed E-state index contributed by atoms with van der Waals surface area (Å²) < 4.78 is 52.3. The Balaban J connectivity index is 2.05. The number of para-hydroxylation sites is 1. The number of halogens is 2. The number of rotatable bonds is 4. The molecule has 0 aliphatic heterocycles. The van der Waals surface area contributed by atoms with E-state index in [9.17, 15) is 17.5 Å². The molecule has 1 atom stereocenters. The highest BCUT2D eigenvalue weighted by molar-refractivity contribution is 7.77. The molecule has 3 aromatic rings. The van der Waals surface area contributed by atoms with E-state index in [4.69, 9.17) is 0 Å². The number of hydrogen-bond donors (Lipinski definition) is 1. The van der Waals surface area contributed by atoms with Gasteiger partial charge < -0.3 is 4.55 Å². The van der Waals surface area contributed by atoms with Crippen LogP contribution in [0.4, 0.5) is 8.78 Å². The number of hydrogen-bond acceptors (Lipinski definition) is 4. The normalized spacial score (nSPS) is 12.7. The second-order valence-corrected chi connectivity index (χ2v) is 5.18. The molecular weight excluding hydrogens is 314 g/mol. The number of aromatic nitrogens is 3. The van der Waals surface area contributed by atoms with Crippen molar-refractivity contribution in [1.82, 2.24) is 19.7 Å². The van der Waals surface area contributed by atoms with Crippen LogP contribution in [0.25, 0.3) is 16.7 Å². The molecule has 0 aliphatic carbocycles. The average molecular weight is 323 g/mol. The van der Waals surface area contributed by atoms with Crippen LogP contribution >= 0.6 is 0 Å². The zero-order valence-corrected chi connectivity index (χ0v) is 11.8. The summed E-state index contributed by atoms with van der Waals surface area (Å²) in [6.45, 7) is -0.336. The number of nitrogens with zero attached hydrogens (tertiary/aromatic N) is 3. The maximum absolute atomic E-state index is 14.2. The third-order valence-corrected chi connectivity index (χ3v) is 3.48. The fourth-order valence-corrected chi connectivity index (χ4v) is 2.34. The number of benzene rings is 2. The van der Waals surface area contributed by atoms with E-state index in [2.05, 4.69) is 10.3 Å². The first kappa shape index (κ1) is 14.7. The summed E-state index contributed by atoms with van der Waals surface area (Å²) in [5, 5.41) is 7.69. The Kier molecular flexibility index (Phi) is 3.92. The second kappa shape index (κ2) is 5.87. The van der Waals surface area contributed by atoms with Gasteiger partial charge in [0.25, 0.3) is 0 Å². The average Bonchev–Trinajstić information content (AvgIpc) is 2.92. The highest BCUT2D eigenvalue weighted by Gasteiger charge is 2.17. The molecule has 1 heterocycles. The molecule has 1 N–H and O–H groups in total. The largest absolute Gasteiger partial charge is 0.760 e. The minimum atomic E-state index is -2.55. The highest BCUT2D eigenvalue weighted by Crippen LogP contribution is 2.22. The maximum atomic E-state index is 14.2. The third kappa shape index (κ3) is 2.61. The Bertz CT molecular complexity index is 868. The van der Waals surface area contributed by atoms with Gasteiger partial charge in [-0.15, -0.1) is 5.10 Å². The van der Waals surface area contributed by atoms with E-state index < -0.39 is 22.9 Å².